The minimum atomic E-state index is 1.19. The molecule has 0 amide bonds. The Balaban J connectivity index is 0. The van der Waals surface area contributed by atoms with E-state index in [1.807, 2.05) is 13.8 Å². The van der Waals surface area contributed by atoms with Crippen molar-refractivity contribution in [3.05, 3.63) is 11.6 Å². The normalized spacial score (nSPS) is 9.88. The molecule has 0 aliphatic rings. The molecule has 0 saturated carbocycles. The highest BCUT2D eigenvalue weighted by Crippen LogP contribution is 1.94. The molecule has 0 saturated heterocycles. The quantitative estimate of drug-likeness (QED) is 0.458. The second-order valence-corrected chi connectivity index (χ2v) is 1.49. The van der Waals surface area contributed by atoms with Crippen molar-refractivity contribution in [2.45, 2.75) is 41.0 Å². The van der Waals surface area contributed by atoms with E-state index >= 15 is 0 Å². The Morgan fingerprint density at radius 1 is 1.38 bits per heavy atom. The maximum Gasteiger partial charge on any atom is -0.0352 e. The van der Waals surface area contributed by atoms with E-state index in [1.165, 1.54) is 12.0 Å². The van der Waals surface area contributed by atoms with E-state index in [9.17, 15) is 0 Å². The van der Waals surface area contributed by atoms with Gasteiger partial charge >= 0.3 is 0 Å². The molecule has 0 heteroatoms. The predicted molar refractivity (Wildman–Crippen MR) is 41.1 cm³/mol. The van der Waals surface area contributed by atoms with Crippen LogP contribution < -0.4 is 0 Å². The van der Waals surface area contributed by atoms with Gasteiger partial charge in [0.05, 0.1) is 0 Å². The van der Waals surface area contributed by atoms with Gasteiger partial charge in [0.1, 0.15) is 0 Å². The molecule has 0 aromatic rings. The number of rotatable bonds is 1. The van der Waals surface area contributed by atoms with Gasteiger partial charge in [0.15, 0.2) is 0 Å². The fraction of sp³-hybridized carbons (Fsp3) is 0.750. The minimum absolute atomic E-state index is 1.19. The highest BCUT2D eigenvalue weighted by atomic mass is 13.8. The summed E-state index contributed by atoms with van der Waals surface area (Å²) in [6.45, 7) is 10.4. The molecule has 0 aromatic heterocycles. The van der Waals surface area contributed by atoms with Gasteiger partial charge in [-0.1, -0.05) is 32.4 Å². The first-order valence-electron chi connectivity index (χ1n) is 3.43. The van der Waals surface area contributed by atoms with Crippen molar-refractivity contribution in [1.82, 2.24) is 0 Å². The van der Waals surface area contributed by atoms with Crippen LogP contribution in [0.5, 0.6) is 0 Å². The molecule has 0 unspecified atom stereocenters. The highest BCUT2D eigenvalue weighted by Gasteiger charge is 1.73. The Morgan fingerprint density at radius 3 is 1.75 bits per heavy atom. The molecule has 0 aliphatic heterocycles. The average molecular weight is 114 g/mol. The molecule has 50 valence electrons. The van der Waals surface area contributed by atoms with E-state index in [-0.39, 0.29) is 0 Å². The van der Waals surface area contributed by atoms with Crippen LogP contribution in [0.1, 0.15) is 41.0 Å². The van der Waals surface area contributed by atoms with Crippen LogP contribution in [-0.4, -0.2) is 0 Å². The van der Waals surface area contributed by atoms with Gasteiger partial charge in [-0.15, -0.1) is 0 Å². The summed E-state index contributed by atoms with van der Waals surface area (Å²) in [4.78, 5) is 0. The zero-order valence-corrected chi connectivity index (χ0v) is 6.78. The first-order valence-corrected chi connectivity index (χ1v) is 3.43. The van der Waals surface area contributed by atoms with E-state index in [2.05, 4.69) is 26.8 Å². The van der Waals surface area contributed by atoms with Crippen LogP contribution in [0.4, 0.5) is 0 Å². The lowest BCUT2D eigenvalue weighted by atomic mass is 10.2. The van der Waals surface area contributed by atoms with Gasteiger partial charge in [0, 0.05) is 0 Å². The van der Waals surface area contributed by atoms with Gasteiger partial charge in [-0.2, -0.15) is 0 Å². The van der Waals surface area contributed by atoms with E-state index in [4.69, 9.17) is 0 Å². The molecule has 0 spiro atoms. The van der Waals surface area contributed by atoms with Gasteiger partial charge in [0.25, 0.3) is 0 Å². The standard InChI is InChI=1S/C6H12.C2H6/c1-4-6(3)5-2;1-2/h4H,5H2,1-3H3;1-2H3. The van der Waals surface area contributed by atoms with E-state index in [0.717, 1.165) is 0 Å². The van der Waals surface area contributed by atoms with E-state index in [0.29, 0.717) is 0 Å². The number of hydrogen-bond donors (Lipinski definition) is 0. The molecule has 0 aromatic carbocycles. The van der Waals surface area contributed by atoms with E-state index in [1.54, 1.807) is 0 Å². The predicted octanol–water partition coefficient (Wildman–Crippen LogP) is 3.39. The Hall–Kier alpha value is -0.260. The molecule has 0 heterocycles. The molecule has 0 nitrogen and oxygen atoms in total. The number of hydrogen-bond acceptors (Lipinski definition) is 0. The Kier molecular flexibility index (Phi) is 13.2. The average Bonchev–Trinajstić information content (AvgIpc) is 1.91. The third kappa shape index (κ3) is 9.22. The van der Waals surface area contributed by atoms with Crippen LogP contribution in [0.3, 0.4) is 0 Å². The van der Waals surface area contributed by atoms with Crippen LogP contribution in [0.15, 0.2) is 11.6 Å². The van der Waals surface area contributed by atoms with Gasteiger partial charge < -0.3 is 0 Å². The lowest BCUT2D eigenvalue weighted by Gasteiger charge is -1.85. The number of allylic oxidation sites excluding steroid dienone is 2. The van der Waals surface area contributed by atoms with Crippen LogP contribution in [0.2, 0.25) is 0 Å². The summed E-state index contributed by atoms with van der Waals surface area (Å²) in [6.07, 6.45) is 3.33. The van der Waals surface area contributed by atoms with Gasteiger partial charge in [-0.3, -0.25) is 0 Å². The highest BCUT2D eigenvalue weighted by molar-refractivity contribution is 4.93. The Bertz CT molecular complexity index is 51.1. The van der Waals surface area contributed by atoms with Crippen molar-refractivity contribution in [3.8, 4) is 0 Å². The summed E-state index contributed by atoms with van der Waals surface area (Å²) in [6, 6.07) is 0. The fourth-order valence-corrected chi connectivity index (χ4v) is 0.204. The zero-order valence-electron chi connectivity index (χ0n) is 6.78. The molecule has 0 fully saturated rings. The van der Waals surface area contributed by atoms with Crippen molar-refractivity contribution in [1.29, 1.82) is 0 Å². The van der Waals surface area contributed by atoms with Gasteiger partial charge in [0.2, 0.25) is 0 Å². The smallest absolute Gasteiger partial charge is 0.0352 e. The lowest BCUT2D eigenvalue weighted by molar-refractivity contribution is 1.09. The maximum atomic E-state index is 2.16. The summed E-state index contributed by atoms with van der Waals surface area (Å²) in [5.74, 6) is 0. The molecule has 0 aliphatic carbocycles. The molecule has 8 heavy (non-hydrogen) atoms. The summed E-state index contributed by atoms with van der Waals surface area (Å²) >= 11 is 0. The summed E-state index contributed by atoms with van der Waals surface area (Å²) in [5, 5.41) is 0. The molecular formula is C8H18. The van der Waals surface area contributed by atoms with Crippen LogP contribution in [0.25, 0.3) is 0 Å². The minimum Gasteiger partial charge on any atom is -0.0887 e. The van der Waals surface area contributed by atoms with Crippen LogP contribution >= 0.6 is 0 Å². The summed E-state index contributed by atoms with van der Waals surface area (Å²) < 4.78 is 0. The second kappa shape index (κ2) is 9.88. The van der Waals surface area contributed by atoms with Crippen molar-refractivity contribution >= 4 is 0 Å². The van der Waals surface area contributed by atoms with Gasteiger partial charge in [-0.05, 0) is 20.3 Å². The van der Waals surface area contributed by atoms with E-state index < -0.39 is 0 Å². The third-order valence-electron chi connectivity index (χ3n) is 1.05. The fourth-order valence-electron chi connectivity index (χ4n) is 0.204. The van der Waals surface area contributed by atoms with Crippen molar-refractivity contribution in [2.24, 2.45) is 0 Å². The first kappa shape index (κ1) is 10.7. The monoisotopic (exact) mass is 114 g/mol. The largest absolute Gasteiger partial charge is 0.0887 e. The third-order valence-corrected chi connectivity index (χ3v) is 1.05. The summed E-state index contributed by atoms with van der Waals surface area (Å²) in [5.41, 5.74) is 1.47. The summed E-state index contributed by atoms with van der Waals surface area (Å²) in [7, 11) is 0. The molecule has 0 bridgehead atoms. The maximum absolute atomic E-state index is 2.16. The van der Waals surface area contributed by atoms with Crippen LogP contribution in [-0.2, 0) is 0 Å². The van der Waals surface area contributed by atoms with Crippen molar-refractivity contribution in [3.63, 3.8) is 0 Å². The van der Waals surface area contributed by atoms with Crippen LogP contribution in [0, 0.1) is 0 Å². The Morgan fingerprint density at radius 2 is 1.75 bits per heavy atom. The van der Waals surface area contributed by atoms with Gasteiger partial charge in [-0.25, -0.2) is 0 Å². The SMILES string of the molecule is CC.CC=C(C)CC. The molecule has 0 rings (SSSR count). The van der Waals surface area contributed by atoms with Crippen molar-refractivity contribution < 1.29 is 0 Å². The molecule has 0 atom stereocenters. The molecule has 0 radical (unpaired) electrons. The molecular weight excluding hydrogens is 96.1 g/mol. The topological polar surface area (TPSA) is 0 Å². The lowest BCUT2D eigenvalue weighted by Crippen LogP contribution is -1.63. The zero-order chi connectivity index (χ0) is 6.99. The molecule has 0 N–H and O–H groups in total. The Labute approximate surface area is 53.6 Å². The van der Waals surface area contributed by atoms with Crippen molar-refractivity contribution in [2.75, 3.05) is 0 Å². The first-order chi connectivity index (χ1) is 3.81. The second-order valence-electron chi connectivity index (χ2n) is 1.49.